The third kappa shape index (κ3) is 4.96. The van der Waals surface area contributed by atoms with E-state index in [4.69, 9.17) is 0 Å². The number of benzene rings is 4. The van der Waals surface area contributed by atoms with Crippen molar-refractivity contribution in [1.29, 1.82) is 0 Å². The zero-order valence-corrected chi connectivity index (χ0v) is 19.7. The summed E-state index contributed by atoms with van der Waals surface area (Å²) in [6.45, 7) is 1.59. The van der Waals surface area contributed by atoms with Crippen molar-refractivity contribution in [3.05, 3.63) is 138 Å². The molecule has 0 radical (unpaired) electrons. The summed E-state index contributed by atoms with van der Waals surface area (Å²) in [7, 11) is 0. The number of fused-ring (bicyclic) bond motifs is 1. The number of rotatable bonds is 5. The van der Waals surface area contributed by atoms with Crippen LogP contribution in [0.15, 0.2) is 115 Å². The first kappa shape index (κ1) is 23.6. The molecule has 176 valence electrons. The van der Waals surface area contributed by atoms with Crippen LogP contribution in [-0.4, -0.2) is 11.7 Å². The average Bonchev–Trinajstić information content (AvgIpc) is 2.89. The minimum atomic E-state index is -4.50. The van der Waals surface area contributed by atoms with Crippen LogP contribution in [0.5, 0.6) is 0 Å². The molecule has 5 heteroatoms. The van der Waals surface area contributed by atoms with Gasteiger partial charge in [0, 0.05) is 5.39 Å². The second-order valence-corrected chi connectivity index (χ2v) is 8.83. The molecule has 0 unspecified atom stereocenters. The molecule has 4 aromatic carbocycles. The molecule has 0 aliphatic carbocycles. The van der Waals surface area contributed by atoms with E-state index in [0.717, 1.165) is 33.6 Å². The van der Waals surface area contributed by atoms with E-state index in [1.54, 1.807) is 31.2 Å². The summed E-state index contributed by atoms with van der Waals surface area (Å²) < 4.78 is 42.4. The van der Waals surface area contributed by atoms with Crippen molar-refractivity contribution < 1.29 is 13.2 Å². The van der Waals surface area contributed by atoms with Crippen molar-refractivity contribution >= 4 is 40.1 Å². The fourth-order valence-corrected chi connectivity index (χ4v) is 4.63. The molecule has 5 aromatic rings. The van der Waals surface area contributed by atoms with Gasteiger partial charge in [0.1, 0.15) is 0 Å². The monoisotopic (exact) mass is 477 g/mol. The Labute approximate surface area is 209 Å². The van der Waals surface area contributed by atoms with Crippen LogP contribution in [0.25, 0.3) is 22.5 Å². The molecule has 0 saturated heterocycles. The molecular weight excluding hydrogens is 454 g/mol. The normalized spacial score (nSPS) is 12.1. The highest BCUT2D eigenvalue weighted by Gasteiger charge is 2.33. The molecule has 1 aromatic heterocycles. The smallest absolute Gasteiger partial charge is 0.248 e. The summed E-state index contributed by atoms with van der Waals surface area (Å²) in [5.74, 6) is 0. The first-order chi connectivity index (χ1) is 17.4. The first-order valence-corrected chi connectivity index (χ1v) is 11.8. The summed E-state index contributed by atoms with van der Waals surface area (Å²) in [5.41, 5.74) is 4.58. The van der Waals surface area contributed by atoms with Gasteiger partial charge >= 0.3 is 6.18 Å². The number of aryl methyl sites for hydroxylation is 1. The fourth-order valence-electron chi connectivity index (χ4n) is 4.63. The number of hydrogen-bond donors (Lipinski definition) is 0. The van der Waals surface area contributed by atoms with E-state index in [0.29, 0.717) is 5.52 Å². The lowest BCUT2D eigenvalue weighted by molar-refractivity contribution is -0.136. The third-order valence-corrected chi connectivity index (χ3v) is 6.28. The summed E-state index contributed by atoms with van der Waals surface area (Å²) in [4.78, 5) is 4.65. The van der Waals surface area contributed by atoms with E-state index in [1.165, 1.54) is 0 Å². The van der Waals surface area contributed by atoms with Gasteiger partial charge in [-0.1, -0.05) is 119 Å². The van der Waals surface area contributed by atoms with Gasteiger partial charge in [0.05, 0.1) is 16.8 Å². The van der Waals surface area contributed by atoms with Crippen molar-refractivity contribution in [2.24, 2.45) is 0 Å². The highest BCUT2D eigenvalue weighted by atomic mass is 19.4. The number of pyridine rings is 1. The lowest BCUT2D eigenvalue weighted by Gasteiger charge is -2.20. The van der Waals surface area contributed by atoms with E-state index in [2.05, 4.69) is 4.98 Å². The van der Waals surface area contributed by atoms with Crippen LogP contribution in [0.1, 0.15) is 22.4 Å². The zero-order valence-electron chi connectivity index (χ0n) is 19.7. The molecule has 0 aliphatic rings. The van der Waals surface area contributed by atoms with Gasteiger partial charge < -0.3 is 0 Å². The van der Waals surface area contributed by atoms with Crippen molar-refractivity contribution in [2.45, 2.75) is 13.1 Å². The summed E-state index contributed by atoms with van der Waals surface area (Å²) in [6.07, 6.45) is -2.70. The molecular formula is C31H23BF3N. The van der Waals surface area contributed by atoms with E-state index in [1.807, 2.05) is 91.0 Å². The minimum absolute atomic E-state index is 0.114. The molecule has 0 fully saturated rings. The molecule has 0 N–H and O–H groups in total. The molecule has 5 rings (SSSR count). The Hall–Kier alpha value is -4.12. The van der Waals surface area contributed by atoms with Crippen LogP contribution in [-0.2, 0) is 6.18 Å². The number of halogens is 3. The maximum atomic E-state index is 14.1. The van der Waals surface area contributed by atoms with Gasteiger partial charge in [0.25, 0.3) is 0 Å². The van der Waals surface area contributed by atoms with Crippen molar-refractivity contribution in [2.75, 3.05) is 0 Å². The largest absolute Gasteiger partial charge is 0.417 e. The molecule has 0 spiro atoms. The van der Waals surface area contributed by atoms with Gasteiger partial charge in [-0.25, -0.2) is 4.98 Å². The van der Waals surface area contributed by atoms with E-state index in [-0.39, 0.29) is 17.8 Å². The van der Waals surface area contributed by atoms with E-state index >= 15 is 0 Å². The molecule has 36 heavy (non-hydrogen) atoms. The van der Waals surface area contributed by atoms with Crippen LogP contribution < -0.4 is 10.9 Å². The van der Waals surface area contributed by atoms with Crippen LogP contribution in [0, 0.1) is 6.92 Å². The quantitative estimate of drug-likeness (QED) is 0.250. The second kappa shape index (κ2) is 9.86. The van der Waals surface area contributed by atoms with E-state index in [9.17, 15) is 13.2 Å². The number of alkyl halides is 3. The van der Waals surface area contributed by atoms with Gasteiger partial charge in [0.2, 0.25) is 6.71 Å². The Balaban J connectivity index is 1.79. The van der Waals surface area contributed by atoms with Crippen molar-refractivity contribution in [3.63, 3.8) is 0 Å². The highest BCUT2D eigenvalue weighted by Crippen LogP contribution is 2.36. The Bertz CT molecular complexity index is 1470. The maximum Gasteiger partial charge on any atom is 0.417 e. The van der Waals surface area contributed by atoms with Crippen molar-refractivity contribution in [3.8, 4) is 0 Å². The van der Waals surface area contributed by atoms with Crippen LogP contribution in [0.3, 0.4) is 0 Å². The van der Waals surface area contributed by atoms with Gasteiger partial charge in [-0.3, -0.25) is 0 Å². The lowest BCUT2D eigenvalue weighted by Crippen LogP contribution is -2.43. The van der Waals surface area contributed by atoms with Gasteiger partial charge in [-0.15, -0.1) is 0 Å². The molecule has 0 aliphatic heterocycles. The van der Waals surface area contributed by atoms with Gasteiger partial charge in [-0.2, -0.15) is 13.2 Å². The predicted octanol–water partition coefficient (Wildman–Crippen LogP) is 6.95. The van der Waals surface area contributed by atoms with Crippen LogP contribution in [0.2, 0.25) is 0 Å². The molecule has 0 atom stereocenters. The predicted molar refractivity (Wildman–Crippen MR) is 144 cm³/mol. The highest BCUT2D eigenvalue weighted by molar-refractivity contribution is 7.00. The maximum absolute atomic E-state index is 14.1. The lowest BCUT2D eigenvalue weighted by atomic mass is 9.35. The Morgan fingerprint density at radius 3 is 1.83 bits per heavy atom. The van der Waals surface area contributed by atoms with Crippen LogP contribution >= 0.6 is 0 Å². The standard InChI is InChI=1S/C31H23BF3N/c1-22-17-18-30-27(19-22)28(31(33,34)35)20-26(36-30)21-29(23-11-5-2-6-12-23)32(24-13-7-3-8-14-24)25-15-9-4-10-16-25/h2-21H,1H3/b29-21-. The molecule has 0 saturated carbocycles. The summed E-state index contributed by atoms with van der Waals surface area (Å²) in [5, 5.41) is 0.114. The number of aromatic nitrogens is 1. The second-order valence-electron chi connectivity index (χ2n) is 8.83. The molecule has 1 nitrogen and oxygen atoms in total. The Morgan fingerprint density at radius 1 is 0.722 bits per heavy atom. The third-order valence-electron chi connectivity index (χ3n) is 6.28. The SMILES string of the molecule is Cc1ccc2nc(/C=C(\B(c3ccccc3)c3ccccc3)c3ccccc3)cc(C(F)(F)F)c2c1. The Morgan fingerprint density at radius 2 is 1.28 bits per heavy atom. The Kier molecular flexibility index (Phi) is 6.47. The van der Waals surface area contributed by atoms with Gasteiger partial charge in [-0.05, 0) is 36.8 Å². The van der Waals surface area contributed by atoms with Crippen LogP contribution in [0.4, 0.5) is 13.2 Å². The first-order valence-electron chi connectivity index (χ1n) is 11.8. The molecule has 0 bridgehead atoms. The van der Waals surface area contributed by atoms with Crippen molar-refractivity contribution in [1.82, 2.24) is 4.98 Å². The topological polar surface area (TPSA) is 12.9 Å². The number of nitrogens with zero attached hydrogens (tertiary/aromatic N) is 1. The average molecular weight is 477 g/mol. The van der Waals surface area contributed by atoms with E-state index < -0.39 is 11.7 Å². The summed E-state index contributed by atoms with van der Waals surface area (Å²) >= 11 is 0. The van der Waals surface area contributed by atoms with Gasteiger partial charge in [0.15, 0.2) is 0 Å². The minimum Gasteiger partial charge on any atom is -0.248 e. The summed E-state index contributed by atoms with van der Waals surface area (Å²) in [6, 6.07) is 36.0. The molecule has 0 amide bonds. The molecule has 1 heterocycles. The zero-order chi connectivity index (χ0) is 25.1. The number of hydrogen-bond acceptors (Lipinski definition) is 1. The fraction of sp³-hybridized carbons (Fsp3) is 0.0645.